The van der Waals surface area contributed by atoms with E-state index in [1.54, 1.807) is 29.6 Å². The maximum absolute atomic E-state index is 12.1. The second-order valence-corrected chi connectivity index (χ2v) is 7.13. The molecule has 146 valence electrons. The molecule has 4 rings (SSSR count). The summed E-state index contributed by atoms with van der Waals surface area (Å²) in [6, 6.07) is 16.3. The van der Waals surface area contributed by atoms with Gasteiger partial charge in [-0.1, -0.05) is 24.3 Å². The molecular weight excluding hydrogens is 392 g/mol. The first kappa shape index (κ1) is 18.7. The van der Waals surface area contributed by atoms with Crippen molar-refractivity contribution in [2.24, 2.45) is 0 Å². The highest BCUT2D eigenvalue weighted by atomic mass is 32.1. The molecule has 0 aliphatic carbocycles. The zero-order valence-electron chi connectivity index (χ0n) is 15.1. The van der Waals surface area contributed by atoms with Crippen LogP contribution >= 0.6 is 11.3 Å². The van der Waals surface area contributed by atoms with E-state index in [2.05, 4.69) is 10.6 Å². The van der Waals surface area contributed by atoms with Gasteiger partial charge in [0.1, 0.15) is 17.7 Å². The van der Waals surface area contributed by atoms with Gasteiger partial charge in [0.15, 0.2) is 6.61 Å². The van der Waals surface area contributed by atoms with Crippen molar-refractivity contribution in [2.75, 3.05) is 18.5 Å². The average Bonchev–Trinajstić information content (AvgIpc) is 3.38. The Kier molecular flexibility index (Phi) is 5.26. The van der Waals surface area contributed by atoms with Crippen LogP contribution in [0.1, 0.15) is 9.67 Å². The van der Waals surface area contributed by atoms with Crippen molar-refractivity contribution in [1.29, 1.82) is 0 Å². The monoisotopic (exact) mass is 408 g/mol. The number of rotatable bonds is 6. The number of anilines is 1. The van der Waals surface area contributed by atoms with Crippen LogP contribution in [0.4, 0.5) is 5.69 Å². The molecule has 29 heavy (non-hydrogen) atoms. The van der Waals surface area contributed by atoms with Gasteiger partial charge in [0.2, 0.25) is 0 Å². The number of para-hydroxylation sites is 1. The van der Waals surface area contributed by atoms with Gasteiger partial charge in [-0.05, 0) is 35.7 Å². The number of ether oxygens (including phenoxy) is 1. The molecule has 0 fully saturated rings. The van der Waals surface area contributed by atoms with Crippen molar-refractivity contribution >= 4 is 56.7 Å². The molecule has 7 nitrogen and oxygen atoms in total. The number of carbonyl (C=O) groups is 3. The number of thiophene rings is 1. The highest BCUT2D eigenvalue weighted by Crippen LogP contribution is 2.30. The smallest absolute Gasteiger partial charge is 0.325 e. The fourth-order valence-corrected chi connectivity index (χ4v) is 3.49. The van der Waals surface area contributed by atoms with Crippen LogP contribution < -0.4 is 10.6 Å². The maximum atomic E-state index is 12.1. The number of benzene rings is 2. The summed E-state index contributed by atoms with van der Waals surface area (Å²) in [6.45, 7) is -0.755. The molecule has 0 unspecified atom stereocenters. The molecule has 2 amide bonds. The van der Waals surface area contributed by atoms with Gasteiger partial charge in [0.25, 0.3) is 11.8 Å². The van der Waals surface area contributed by atoms with Crippen LogP contribution in [0.2, 0.25) is 0 Å². The zero-order valence-corrected chi connectivity index (χ0v) is 16.0. The number of carbonyl (C=O) groups excluding carboxylic acids is 3. The van der Waals surface area contributed by atoms with Gasteiger partial charge in [0.05, 0.1) is 4.88 Å². The van der Waals surface area contributed by atoms with Crippen LogP contribution in [0, 0.1) is 0 Å². The number of hydrogen-bond acceptors (Lipinski definition) is 6. The summed E-state index contributed by atoms with van der Waals surface area (Å²) in [5.41, 5.74) is 2.05. The van der Waals surface area contributed by atoms with E-state index in [-0.39, 0.29) is 12.5 Å². The number of furan rings is 1. The van der Waals surface area contributed by atoms with Gasteiger partial charge in [-0.25, -0.2) is 0 Å². The molecule has 2 heterocycles. The second kappa shape index (κ2) is 8.15. The van der Waals surface area contributed by atoms with Crippen LogP contribution in [0.3, 0.4) is 0 Å². The highest BCUT2D eigenvalue weighted by molar-refractivity contribution is 7.12. The van der Waals surface area contributed by atoms with E-state index in [0.717, 1.165) is 21.9 Å². The van der Waals surface area contributed by atoms with Gasteiger partial charge in [-0.15, -0.1) is 11.3 Å². The Morgan fingerprint density at radius 1 is 0.966 bits per heavy atom. The Hall–Kier alpha value is -3.65. The van der Waals surface area contributed by atoms with Crippen molar-refractivity contribution in [2.45, 2.75) is 0 Å². The summed E-state index contributed by atoms with van der Waals surface area (Å²) in [7, 11) is 0. The number of amides is 2. The molecule has 2 aromatic heterocycles. The first-order valence-electron chi connectivity index (χ1n) is 8.78. The third-order valence-electron chi connectivity index (χ3n) is 4.16. The third kappa shape index (κ3) is 4.27. The van der Waals surface area contributed by atoms with E-state index in [1.165, 1.54) is 11.3 Å². The van der Waals surface area contributed by atoms with E-state index in [9.17, 15) is 14.4 Å². The van der Waals surface area contributed by atoms with Crippen LogP contribution in [0.25, 0.3) is 21.9 Å². The number of hydrogen-bond donors (Lipinski definition) is 2. The molecule has 0 radical (unpaired) electrons. The topological polar surface area (TPSA) is 97.6 Å². The molecule has 0 spiro atoms. The van der Waals surface area contributed by atoms with Crippen LogP contribution in [0.15, 0.2) is 64.4 Å². The summed E-state index contributed by atoms with van der Waals surface area (Å²) < 4.78 is 10.7. The van der Waals surface area contributed by atoms with Crippen LogP contribution in [0.5, 0.6) is 0 Å². The molecule has 4 aromatic rings. The maximum Gasteiger partial charge on any atom is 0.325 e. The molecule has 0 saturated carbocycles. The van der Waals surface area contributed by atoms with E-state index >= 15 is 0 Å². The van der Waals surface area contributed by atoms with Gasteiger partial charge in [-0.2, -0.15) is 0 Å². The predicted molar refractivity (Wildman–Crippen MR) is 110 cm³/mol. The minimum atomic E-state index is -0.693. The minimum Gasteiger partial charge on any atom is -0.456 e. The molecule has 2 aromatic carbocycles. The van der Waals surface area contributed by atoms with Gasteiger partial charge < -0.3 is 19.8 Å². The molecular formula is C21H16N2O5S. The van der Waals surface area contributed by atoms with E-state index in [0.29, 0.717) is 10.6 Å². The molecule has 0 bridgehead atoms. The lowest BCUT2D eigenvalue weighted by molar-refractivity contribution is -0.146. The fourth-order valence-electron chi connectivity index (χ4n) is 2.85. The molecule has 0 aliphatic rings. The quantitative estimate of drug-likeness (QED) is 0.476. The van der Waals surface area contributed by atoms with E-state index in [4.69, 9.17) is 9.15 Å². The summed E-state index contributed by atoms with van der Waals surface area (Å²) in [4.78, 5) is 36.1. The number of nitrogens with one attached hydrogen (secondary N) is 2. The number of fused-ring (bicyclic) bond motifs is 3. The van der Waals surface area contributed by atoms with Crippen LogP contribution in [-0.4, -0.2) is 30.9 Å². The normalized spacial score (nSPS) is 10.8. The lowest BCUT2D eigenvalue weighted by atomic mass is 10.1. The summed E-state index contributed by atoms with van der Waals surface area (Å²) in [6.07, 6.45) is 0. The fraction of sp³-hybridized carbons (Fsp3) is 0.0952. The van der Waals surface area contributed by atoms with Crippen LogP contribution in [-0.2, 0) is 14.3 Å². The van der Waals surface area contributed by atoms with Gasteiger partial charge in [-0.3, -0.25) is 14.4 Å². The largest absolute Gasteiger partial charge is 0.456 e. The van der Waals surface area contributed by atoms with Crippen molar-refractivity contribution in [1.82, 2.24) is 5.32 Å². The standard InChI is InChI=1S/C21H16N2O5S/c24-19(12-27-20(25)11-22-21(26)18-6-3-9-29-18)23-13-7-8-17-15(10-13)14-4-1-2-5-16(14)28-17/h1-10H,11-12H2,(H,22,26)(H,23,24). The van der Waals surface area contributed by atoms with E-state index in [1.807, 2.05) is 30.3 Å². The molecule has 0 aliphatic heterocycles. The Morgan fingerprint density at radius 2 is 1.79 bits per heavy atom. The molecule has 2 N–H and O–H groups in total. The van der Waals surface area contributed by atoms with Crippen molar-refractivity contribution < 1.29 is 23.5 Å². The minimum absolute atomic E-state index is 0.309. The van der Waals surface area contributed by atoms with Gasteiger partial charge in [0, 0.05) is 16.5 Å². The van der Waals surface area contributed by atoms with Crippen molar-refractivity contribution in [3.05, 3.63) is 64.9 Å². The Morgan fingerprint density at radius 3 is 2.62 bits per heavy atom. The zero-order chi connectivity index (χ0) is 20.2. The lowest BCUT2D eigenvalue weighted by Gasteiger charge is -2.07. The predicted octanol–water partition coefficient (Wildman–Crippen LogP) is 3.56. The average molecular weight is 408 g/mol. The molecule has 0 atom stereocenters. The third-order valence-corrected chi connectivity index (χ3v) is 5.03. The Balaban J connectivity index is 1.30. The Bertz CT molecular complexity index is 1200. The van der Waals surface area contributed by atoms with Crippen molar-refractivity contribution in [3.63, 3.8) is 0 Å². The van der Waals surface area contributed by atoms with E-state index < -0.39 is 18.5 Å². The Labute approximate surface area is 169 Å². The first-order valence-corrected chi connectivity index (χ1v) is 9.66. The summed E-state index contributed by atoms with van der Waals surface area (Å²) in [5.74, 6) is -1.53. The summed E-state index contributed by atoms with van der Waals surface area (Å²) in [5, 5.41) is 8.73. The van der Waals surface area contributed by atoms with Gasteiger partial charge >= 0.3 is 5.97 Å². The number of esters is 1. The molecule has 8 heteroatoms. The molecule has 0 saturated heterocycles. The second-order valence-electron chi connectivity index (χ2n) is 6.18. The summed E-state index contributed by atoms with van der Waals surface area (Å²) >= 11 is 1.27. The first-order chi connectivity index (χ1) is 14.1. The highest BCUT2D eigenvalue weighted by Gasteiger charge is 2.12. The lowest BCUT2D eigenvalue weighted by Crippen LogP contribution is -2.31. The van der Waals surface area contributed by atoms with Crippen molar-refractivity contribution in [3.8, 4) is 0 Å². The SMILES string of the molecule is O=C(COC(=O)CNC(=O)c1cccs1)Nc1ccc2oc3ccccc3c2c1.